The smallest absolute Gasteiger partial charge is 0.410 e. The summed E-state index contributed by atoms with van der Waals surface area (Å²) in [5, 5.41) is 0. The average molecular weight is 734 g/mol. The van der Waals surface area contributed by atoms with Crippen LogP contribution in [0.4, 0.5) is 9.18 Å². The van der Waals surface area contributed by atoms with Crippen molar-refractivity contribution in [3.8, 4) is 0 Å². The predicted molar refractivity (Wildman–Crippen MR) is 191 cm³/mol. The number of fused-ring (bicyclic) bond motifs is 3. The van der Waals surface area contributed by atoms with E-state index in [1.54, 1.807) is 24.0 Å². The second kappa shape index (κ2) is 14.1. The Balaban J connectivity index is 1.16. The quantitative estimate of drug-likeness (QED) is 0.366. The number of ether oxygens (including phenoxy) is 1. The van der Waals surface area contributed by atoms with Crippen molar-refractivity contribution in [1.29, 1.82) is 0 Å². The van der Waals surface area contributed by atoms with Crippen molar-refractivity contribution >= 4 is 33.7 Å². The van der Waals surface area contributed by atoms with E-state index >= 15 is 0 Å². The number of benzene rings is 2. The Morgan fingerprint density at radius 3 is 2.58 bits per heavy atom. The minimum Gasteiger partial charge on any atom is -0.444 e. The fourth-order valence-electron chi connectivity index (χ4n) is 8.25. The number of halogens is 1. The highest BCUT2D eigenvalue weighted by Crippen LogP contribution is 2.57. The van der Waals surface area contributed by atoms with E-state index in [1.807, 2.05) is 43.3 Å². The molecular weight excluding hydrogens is 686 g/mol. The number of sulfonamides is 1. The normalized spacial score (nSPS) is 29.2. The first kappa shape index (κ1) is 36.3. The topological polar surface area (TPSA) is 130 Å². The van der Waals surface area contributed by atoms with E-state index in [2.05, 4.69) is 4.72 Å². The SMILES string of the molecule is Cc1ccccc1C[C@H]1CCCCC/C=C\[C@@H]2C[C@@]2(C(=O)NS(=O)(=O)C2(C)CC2)CC(=O)[C@@H]2C[C@@H](OC(=O)N3Cc4cccc(F)c4C3)CN2C1=O. The van der Waals surface area contributed by atoms with Gasteiger partial charge in [0.05, 0.1) is 29.3 Å². The number of carbonyl (C=O) groups is 4. The van der Waals surface area contributed by atoms with Gasteiger partial charge >= 0.3 is 6.09 Å². The molecule has 2 saturated carbocycles. The van der Waals surface area contributed by atoms with E-state index in [0.29, 0.717) is 43.2 Å². The third-order valence-electron chi connectivity index (χ3n) is 12.1. The fourth-order valence-corrected chi connectivity index (χ4v) is 9.58. The molecule has 0 radical (unpaired) electrons. The van der Waals surface area contributed by atoms with Gasteiger partial charge in [-0.05, 0) is 87.5 Å². The number of rotatable bonds is 6. The molecule has 2 aromatic carbocycles. The molecule has 3 heterocycles. The minimum atomic E-state index is -3.93. The third kappa shape index (κ3) is 7.15. The number of ketones is 1. The summed E-state index contributed by atoms with van der Waals surface area (Å²) >= 11 is 0. The molecule has 1 N–H and O–H groups in total. The van der Waals surface area contributed by atoms with Crippen LogP contribution in [0.15, 0.2) is 54.6 Å². The maximum Gasteiger partial charge on any atom is 0.410 e. The predicted octanol–water partition coefficient (Wildman–Crippen LogP) is 5.90. The van der Waals surface area contributed by atoms with Crippen LogP contribution in [0.25, 0.3) is 0 Å². The zero-order valence-corrected chi connectivity index (χ0v) is 30.8. The molecule has 0 aromatic heterocycles. The summed E-state index contributed by atoms with van der Waals surface area (Å²) < 4.78 is 48.0. The fraction of sp³-hybridized carbons (Fsp3) is 0.550. The van der Waals surface area contributed by atoms with Crippen molar-refractivity contribution in [3.63, 3.8) is 0 Å². The summed E-state index contributed by atoms with van der Waals surface area (Å²) in [4.78, 5) is 59.3. The molecule has 3 fully saturated rings. The molecule has 2 aromatic rings. The average Bonchev–Trinajstić information content (AvgIpc) is 3.90. The lowest BCUT2D eigenvalue weighted by Crippen LogP contribution is -2.47. The van der Waals surface area contributed by atoms with E-state index in [-0.39, 0.29) is 55.9 Å². The second-order valence-corrected chi connectivity index (χ2v) is 18.1. The highest BCUT2D eigenvalue weighted by Gasteiger charge is 2.62. The highest BCUT2D eigenvalue weighted by atomic mass is 32.2. The van der Waals surface area contributed by atoms with Gasteiger partial charge in [0.1, 0.15) is 11.9 Å². The Bertz CT molecular complexity index is 1910. The van der Waals surface area contributed by atoms with Crippen LogP contribution in [0, 0.1) is 30.0 Å². The minimum absolute atomic E-state index is 0.00959. The lowest BCUT2D eigenvalue weighted by atomic mass is 9.89. The van der Waals surface area contributed by atoms with Gasteiger partial charge < -0.3 is 9.64 Å². The number of carbonyl (C=O) groups excluding carboxylic acids is 4. The summed E-state index contributed by atoms with van der Waals surface area (Å²) in [6.45, 7) is 3.89. The molecule has 0 spiro atoms. The molecule has 3 amide bonds. The maximum absolute atomic E-state index is 14.6. The number of allylic oxidation sites excluding steroid dienone is 2. The van der Waals surface area contributed by atoms with Crippen LogP contribution < -0.4 is 4.72 Å². The molecule has 12 heteroatoms. The van der Waals surface area contributed by atoms with Gasteiger partial charge in [-0.3, -0.25) is 24.0 Å². The maximum atomic E-state index is 14.6. The first-order valence-electron chi connectivity index (χ1n) is 18.6. The van der Waals surface area contributed by atoms with Crippen LogP contribution in [-0.4, -0.2) is 65.3 Å². The van der Waals surface area contributed by atoms with E-state index in [0.717, 1.165) is 36.8 Å². The first-order chi connectivity index (χ1) is 24.8. The molecule has 5 atom stereocenters. The molecule has 278 valence electrons. The van der Waals surface area contributed by atoms with E-state index in [9.17, 15) is 32.0 Å². The van der Waals surface area contributed by atoms with Crippen molar-refractivity contribution < 1.29 is 36.7 Å². The van der Waals surface area contributed by atoms with Gasteiger partial charge in [0.2, 0.25) is 21.8 Å². The molecule has 7 rings (SSSR count). The summed E-state index contributed by atoms with van der Waals surface area (Å²) in [5.74, 6) is -2.34. The highest BCUT2D eigenvalue weighted by molar-refractivity contribution is 7.91. The first-order valence-corrected chi connectivity index (χ1v) is 20.1. The number of Topliss-reactive ketones (excluding diaryl/α,β-unsaturated/α-hetero) is 1. The van der Waals surface area contributed by atoms with Crippen LogP contribution in [0.3, 0.4) is 0 Å². The number of hydrogen-bond acceptors (Lipinski definition) is 7. The van der Waals surface area contributed by atoms with Gasteiger partial charge in [-0.1, -0.05) is 61.4 Å². The van der Waals surface area contributed by atoms with Gasteiger partial charge in [-0.2, -0.15) is 0 Å². The third-order valence-corrected chi connectivity index (χ3v) is 14.3. The number of nitrogens with zero attached hydrogens (tertiary/aromatic N) is 2. The standard InChI is InChI=1S/C40H48FN3O7S/c1-26-11-8-9-12-27(26)19-28-13-6-4-3-5-7-15-30-21-40(30,37(47)42-52(49,50)39(2)17-18-39)22-35(45)34-20-31(24-44(34)36(28)46)51-38(48)43-23-29-14-10-16-33(41)32(29)25-43/h7-12,14-16,28,30-31,34H,3-6,13,17-25H2,1-2H3,(H,42,47)/b15-7-/t28-,30-,31-,34+,40-/m1/s1. The van der Waals surface area contributed by atoms with Gasteiger partial charge in [0.25, 0.3) is 0 Å². The molecule has 0 unspecified atom stereocenters. The molecule has 10 nitrogen and oxygen atoms in total. The lowest BCUT2D eigenvalue weighted by molar-refractivity contribution is -0.142. The zero-order chi connectivity index (χ0) is 36.8. The molecule has 52 heavy (non-hydrogen) atoms. The Morgan fingerprint density at radius 1 is 1.04 bits per heavy atom. The number of nitrogens with one attached hydrogen (secondary N) is 1. The van der Waals surface area contributed by atoms with Crippen LogP contribution in [-0.2, 0) is 48.7 Å². The monoisotopic (exact) mass is 733 g/mol. The van der Waals surface area contributed by atoms with Crippen LogP contribution >= 0.6 is 0 Å². The summed E-state index contributed by atoms with van der Waals surface area (Å²) in [6, 6.07) is 11.7. The molecule has 1 saturated heterocycles. The van der Waals surface area contributed by atoms with Crippen LogP contribution in [0.5, 0.6) is 0 Å². The number of hydrogen-bond donors (Lipinski definition) is 1. The molecule has 5 aliphatic rings. The van der Waals surface area contributed by atoms with Gasteiger partial charge in [-0.15, -0.1) is 0 Å². The Hall–Kier alpha value is -4.06. The summed E-state index contributed by atoms with van der Waals surface area (Å²) in [5.41, 5.74) is 2.02. The zero-order valence-electron chi connectivity index (χ0n) is 29.9. The van der Waals surface area contributed by atoms with Crippen molar-refractivity contribution in [1.82, 2.24) is 14.5 Å². The molecule has 2 aliphatic carbocycles. The Labute approximate surface area is 305 Å². The number of aryl methyl sites for hydroxylation is 1. The van der Waals surface area contributed by atoms with Crippen molar-refractivity contribution in [3.05, 3.63) is 82.7 Å². The number of amides is 3. The second-order valence-electron chi connectivity index (χ2n) is 15.9. The lowest BCUT2D eigenvalue weighted by Gasteiger charge is -2.29. The van der Waals surface area contributed by atoms with E-state index in [1.165, 1.54) is 11.0 Å². The largest absolute Gasteiger partial charge is 0.444 e. The summed E-state index contributed by atoms with van der Waals surface area (Å²) in [7, 11) is -3.93. The molecule has 3 aliphatic heterocycles. The van der Waals surface area contributed by atoms with Gasteiger partial charge in [-0.25, -0.2) is 17.6 Å². The summed E-state index contributed by atoms with van der Waals surface area (Å²) in [6.07, 6.45) is 8.11. The van der Waals surface area contributed by atoms with Crippen LogP contribution in [0.1, 0.15) is 93.4 Å². The van der Waals surface area contributed by atoms with E-state index < -0.39 is 50.2 Å². The van der Waals surface area contributed by atoms with E-state index in [4.69, 9.17) is 4.74 Å². The molecule has 0 bridgehead atoms. The molecular formula is C40H48FN3O7S. The Morgan fingerprint density at radius 2 is 1.83 bits per heavy atom. The van der Waals surface area contributed by atoms with Crippen molar-refractivity contribution in [2.24, 2.45) is 17.3 Å². The van der Waals surface area contributed by atoms with Crippen LogP contribution in [0.2, 0.25) is 0 Å². The van der Waals surface area contributed by atoms with Gasteiger partial charge in [0.15, 0.2) is 5.78 Å². The Kier molecular flexibility index (Phi) is 9.82. The van der Waals surface area contributed by atoms with Gasteiger partial charge in [0, 0.05) is 30.9 Å². The van der Waals surface area contributed by atoms with Crippen molar-refractivity contribution in [2.75, 3.05) is 6.54 Å². The van der Waals surface area contributed by atoms with Crippen molar-refractivity contribution in [2.45, 2.75) is 114 Å².